The summed E-state index contributed by atoms with van der Waals surface area (Å²) in [6.45, 7) is 29.9. The fraction of sp³-hybridized carbons (Fsp3) is 0.776. The normalized spacial score (nSPS) is 35.5. The minimum atomic E-state index is -2.56. The van der Waals surface area contributed by atoms with Crippen LogP contribution in [-0.4, -0.2) is 23.1 Å². The first-order valence-electron chi connectivity index (χ1n) is 48.7. The molecular weight excluding hydrogens is 1750 g/mol. The van der Waals surface area contributed by atoms with Gasteiger partial charge in [0.15, 0.2) is 0 Å². The SMILES string of the molecule is BrBr.C#CC1(CCC)CCC(C2CCC(C)CC2)CC1.C=CC1(CCC)CCC(C2CCC(C)CC2)CC1.CCCC1(C#N)CCC(C2CCC(C)CC2)CC1.CCCC1(C(Br)CBr)CCC(C2CCC(C)CC2)CC1.CCCC1(C=O)CCC(C2CCC(C)CC2)CC1.CP(Br)(c1ccccc1)(c1ccccc1)c1ccccc1. The van der Waals surface area contributed by atoms with Crippen molar-refractivity contribution in [2.75, 3.05) is 12.0 Å². The molecule has 1 atom stereocenters. The quantitative estimate of drug-likeness (QED) is 0.0331. The van der Waals surface area contributed by atoms with Crippen LogP contribution in [0.5, 0.6) is 0 Å². The Morgan fingerprint density at radius 1 is 0.400 bits per heavy atom. The summed E-state index contributed by atoms with van der Waals surface area (Å²) in [6, 6.07) is 35.0. The molecule has 3 aromatic carbocycles. The van der Waals surface area contributed by atoms with Gasteiger partial charge in [-0.3, -0.25) is 0 Å². The van der Waals surface area contributed by atoms with Crippen molar-refractivity contribution in [1.29, 1.82) is 5.26 Å². The van der Waals surface area contributed by atoms with Crippen LogP contribution >= 0.6 is 80.9 Å². The molecule has 650 valence electrons. The first-order valence-corrected chi connectivity index (χ1v) is 59.2. The first kappa shape index (κ1) is 101. The maximum atomic E-state index is 11.4. The van der Waals surface area contributed by atoms with Gasteiger partial charge in [0, 0.05) is 49.2 Å². The van der Waals surface area contributed by atoms with Crippen LogP contribution in [0.25, 0.3) is 0 Å². The molecule has 0 spiro atoms. The van der Waals surface area contributed by atoms with E-state index in [0.29, 0.717) is 15.7 Å². The number of nitriles is 1. The van der Waals surface area contributed by atoms with E-state index in [-0.39, 0.29) is 16.2 Å². The Balaban J connectivity index is 0.000000190. The van der Waals surface area contributed by atoms with Gasteiger partial charge in [-0.1, -0.05) is 209 Å². The number of alkyl halides is 2. The van der Waals surface area contributed by atoms with Crippen molar-refractivity contribution in [3.05, 3.63) is 104 Å². The van der Waals surface area contributed by atoms with E-state index >= 15 is 0 Å². The molecule has 10 aliphatic rings. The van der Waals surface area contributed by atoms with Crippen LogP contribution in [0.3, 0.4) is 0 Å². The Bertz CT molecular complexity index is 2930. The minimum absolute atomic E-state index is 0.0488. The third-order valence-electron chi connectivity index (χ3n) is 33.5. The van der Waals surface area contributed by atoms with Crippen molar-refractivity contribution < 1.29 is 4.79 Å². The van der Waals surface area contributed by atoms with E-state index in [1.807, 2.05) is 0 Å². The summed E-state index contributed by atoms with van der Waals surface area (Å²) < 4.78 is 0. The number of rotatable bonds is 22. The van der Waals surface area contributed by atoms with Crippen LogP contribution in [0.1, 0.15) is 390 Å². The maximum absolute atomic E-state index is 11.4. The average molecular weight is 1920 g/mol. The Morgan fingerprint density at radius 2 is 0.643 bits per heavy atom. The summed E-state index contributed by atoms with van der Waals surface area (Å²) in [6.07, 6.45) is 78.5. The number of aldehydes is 1. The van der Waals surface area contributed by atoms with E-state index in [2.05, 4.69) is 267 Å². The number of halogens is 5. The summed E-state index contributed by atoms with van der Waals surface area (Å²) in [5, 5.41) is 12.0. The molecule has 0 radical (unpaired) electrons. The second kappa shape index (κ2) is 51.4. The second-order valence-corrected chi connectivity index (χ2v) is 52.8. The number of carbonyl (C=O) groups excluding carboxylic acids is 1. The standard InChI is InChI=1S/C19H18BrP.C18H32Br2.C18H32.C18H30.C17H29N.C17H30O.Br2/c1-21(20,17-11-5-2-6-12-17,18-13-7-3-8-14-18)19-15-9-4-10-16-19;1-3-10-18(17(20)13-19)11-8-16(9-12-18)15-6-4-14(2)5-7-15;2*1-4-12-18(5-2)13-10-17(11-14-18)16-8-6-15(3)7-9-16;2*1-3-10-17(13-18)11-8-16(9-12-17)15-6-4-14(2)5-7-15;1-2/h2-16H,1H3;14-17H,3-13H2,1-2H3;5,15-17H,2,4,6-14H2,1,3H3;2,15-17H,4,6-14H2,1,3H3;14-16H,3-12H2,1-2H3;13-16H,3-12H2,1-2H3;. The Morgan fingerprint density at radius 3 is 0.896 bits per heavy atom. The van der Waals surface area contributed by atoms with E-state index in [1.54, 1.807) is 0 Å². The number of terminal acetylenes is 1. The number of allylic oxidation sites excluding steroid dienone is 1. The monoisotopic (exact) mass is 1910 g/mol. The van der Waals surface area contributed by atoms with Crippen LogP contribution in [0.2, 0.25) is 0 Å². The van der Waals surface area contributed by atoms with Gasteiger partial charge in [0.25, 0.3) is 0 Å². The average Bonchev–Trinajstić information content (AvgIpc) is 0.717. The fourth-order valence-corrected chi connectivity index (χ4v) is 32.2. The van der Waals surface area contributed by atoms with Gasteiger partial charge >= 0.3 is 134 Å². The van der Waals surface area contributed by atoms with Crippen molar-refractivity contribution in [2.45, 2.75) is 395 Å². The molecule has 0 N–H and O–H groups in total. The Hall–Kier alpha value is -1.05. The molecule has 115 heavy (non-hydrogen) atoms. The molecule has 0 amide bonds. The van der Waals surface area contributed by atoms with Crippen LogP contribution in [0.4, 0.5) is 0 Å². The van der Waals surface area contributed by atoms with E-state index in [1.165, 1.54) is 324 Å². The first-order chi connectivity index (χ1) is 55.5. The molecule has 13 rings (SSSR count). The van der Waals surface area contributed by atoms with E-state index in [9.17, 15) is 10.1 Å². The van der Waals surface area contributed by atoms with Gasteiger partial charge in [-0.05, 0) is 324 Å². The van der Waals surface area contributed by atoms with Gasteiger partial charge in [-0.2, -0.15) is 5.26 Å². The van der Waals surface area contributed by atoms with Crippen molar-refractivity contribution in [3.63, 3.8) is 0 Å². The molecule has 10 saturated carbocycles. The fourth-order valence-electron chi connectivity index (χ4n) is 25.2. The van der Waals surface area contributed by atoms with Gasteiger partial charge in [0.1, 0.15) is 6.29 Å². The predicted molar refractivity (Wildman–Crippen MR) is 527 cm³/mol. The third-order valence-corrected chi connectivity index (χ3v) is 44.6. The molecule has 2 nitrogen and oxygen atoms in total. The zero-order valence-corrected chi connectivity index (χ0v) is 84.4. The van der Waals surface area contributed by atoms with Crippen LogP contribution in [0.15, 0.2) is 104 Å². The van der Waals surface area contributed by atoms with Gasteiger partial charge < -0.3 is 4.79 Å². The summed E-state index contributed by atoms with van der Waals surface area (Å²) in [5.41, 5.74) is 1.47. The molecule has 8 heteroatoms. The number of hydrogen-bond donors (Lipinski definition) is 0. The number of benzene rings is 3. The number of carbonyl (C=O) groups is 1. The summed E-state index contributed by atoms with van der Waals surface area (Å²) >= 11 is 17.4. The van der Waals surface area contributed by atoms with Gasteiger partial charge in [-0.25, -0.2) is 0 Å². The molecule has 3 aromatic rings. The Labute approximate surface area is 751 Å². The van der Waals surface area contributed by atoms with Crippen LogP contribution in [-0.2, 0) is 4.79 Å². The zero-order valence-electron chi connectivity index (χ0n) is 75.6. The van der Waals surface area contributed by atoms with Crippen molar-refractivity contribution in [2.24, 2.45) is 116 Å². The third kappa shape index (κ3) is 29.5. The zero-order chi connectivity index (χ0) is 83.4. The number of hydrogen-bond acceptors (Lipinski definition) is 2. The summed E-state index contributed by atoms with van der Waals surface area (Å²) in [5.74, 6) is 18.1. The summed E-state index contributed by atoms with van der Waals surface area (Å²) in [7, 11) is 0. The van der Waals surface area contributed by atoms with Gasteiger partial charge in [0.05, 0.1) is 11.5 Å². The molecule has 10 aliphatic carbocycles. The molecule has 0 aromatic heterocycles. The van der Waals surface area contributed by atoms with Crippen molar-refractivity contribution >= 4 is 103 Å². The molecule has 0 saturated heterocycles. The molecule has 0 heterocycles. The molecular formula is C107H171Br5NOP. The summed E-state index contributed by atoms with van der Waals surface area (Å²) in [4.78, 5) is 12.1. The van der Waals surface area contributed by atoms with Crippen molar-refractivity contribution in [3.8, 4) is 18.4 Å². The molecule has 10 fully saturated rings. The van der Waals surface area contributed by atoms with E-state index in [4.69, 9.17) is 6.42 Å². The number of nitrogens with zero attached hydrogens (tertiary/aromatic N) is 1. The van der Waals surface area contributed by atoms with Gasteiger partial charge in [-0.15, -0.1) is 13.0 Å². The Kier molecular flexibility index (Phi) is 45.2. The molecule has 0 aliphatic heterocycles. The van der Waals surface area contributed by atoms with Crippen LogP contribution < -0.4 is 15.9 Å². The van der Waals surface area contributed by atoms with Gasteiger partial charge in [0.2, 0.25) is 0 Å². The molecule has 0 bridgehead atoms. The topological polar surface area (TPSA) is 40.9 Å². The van der Waals surface area contributed by atoms with Crippen molar-refractivity contribution in [1.82, 2.24) is 0 Å². The second-order valence-electron chi connectivity index (χ2n) is 41.3. The predicted octanol–water partition coefficient (Wildman–Crippen LogP) is 34.8. The van der Waals surface area contributed by atoms with E-state index < -0.39 is 5.31 Å². The van der Waals surface area contributed by atoms with E-state index in [0.717, 1.165) is 113 Å². The van der Waals surface area contributed by atoms with Crippen LogP contribution in [0, 0.1) is 140 Å². The molecule has 1 unspecified atom stereocenters.